The zero-order chi connectivity index (χ0) is 12.0. The lowest BCUT2D eigenvalue weighted by Gasteiger charge is -2.05. The van der Waals surface area contributed by atoms with Crippen LogP contribution in [0.5, 0.6) is 0 Å². The van der Waals surface area contributed by atoms with Crippen LogP contribution in [0.15, 0.2) is 0 Å². The van der Waals surface area contributed by atoms with Gasteiger partial charge >= 0.3 is 0 Å². The first-order chi connectivity index (χ1) is 7.65. The molecule has 16 heavy (non-hydrogen) atoms. The Hall–Kier alpha value is -0.780. The number of hydrogen-bond acceptors (Lipinski definition) is 2. The van der Waals surface area contributed by atoms with Crippen molar-refractivity contribution in [2.75, 3.05) is 0 Å². The van der Waals surface area contributed by atoms with Gasteiger partial charge in [-0.15, -0.1) is 0 Å². The van der Waals surface area contributed by atoms with E-state index in [4.69, 9.17) is 12.2 Å². The van der Waals surface area contributed by atoms with Crippen LogP contribution in [-0.4, -0.2) is 21.2 Å². The Bertz CT molecular complexity index is 359. The van der Waals surface area contributed by atoms with Gasteiger partial charge in [0.15, 0.2) is 4.77 Å². The number of halogens is 2. The van der Waals surface area contributed by atoms with Crippen LogP contribution in [-0.2, 0) is 13.0 Å². The van der Waals surface area contributed by atoms with E-state index < -0.39 is 6.43 Å². The van der Waals surface area contributed by atoms with Gasteiger partial charge in [0.05, 0.1) is 6.54 Å². The maximum atomic E-state index is 12.3. The van der Waals surface area contributed by atoms with Crippen LogP contribution in [0.4, 0.5) is 8.78 Å². The van der Waals surface area contributed by atoms with Gasteiger partial charge in [0, 0.05) is 6.42 Å². The summed E-state index contributed by atoms with van der Waals surface area (Å²) in [5, 5.41) is 6.54. The number of alkyl halides is 2. The van der Waals surface area contributed by atoms with Gasteiger partial charge in [-0.05, 0) is 18.6 Å². The molecule has 1 aromatic rings. The molecule has 6 heteroatoms. The van der Waals surface area contributed by atoms with Gasteiger partial charge in [0.2, 0.25) is 0 Å². The summed E-state index contributed by atoms with van der Waals surface area (Å²) in [6, 6.07) is 0. The van der Waals surface area contributed by atoms with Gasteiger partial charge in [-0.3, -0.25) is 9.67 Å². The molecule has 0 saturated heterocycles. The molecule has 0 amide bonds. The lowest BCUT2D eigenvalue weighted by molar-refractivity contribution is 0.124. The third kappa shape index (κ3) is 4.00. The molecule has 1 N–H and O–H groups in total. The number of aryl methyl sites for hydroxylation is 1. The van der Waals surface area contributed by atoms with E-state index in [0.717, 1.165) is 19.3 Å². The maximum absolute atomic E-state index is 12.3. The number of nitrogens with zero attached hydrogens (tertiary/aromatic N) is 2. The molecule has 0 aliphatic rings. The Morgan fingerprint density at radius 2 is 2.12 bits per heavy atom. The first-order valence-electron chi connectivity index (χ1n) is 5.57. The van der Waals surface area contributed by atoms with Gasteiger partial charge < -0.3 is 0 Å². The number of aromatic amines is 1. The van der Waals surface area contributed by atoms with Crippen molar-refractivity contribution >= 4 is 12.2 Å². The molecule has 1 heterocycles. The molecule has 0 bridgehead atoms. The van der Waals surface area contributed by atoms with E-state index in [0.29, 0.717) is 12.2 Å². The van der Waals surface area contributed by atoms with Gasteiger partial charge in [0.1, 0.15) is 5.82 Å². The van der Waals surface area contributed by atoms with Crippen molar-refractivity contribution in [3.63, 3.8) is 0 Å². The molecular weight excluding hydrogens is 232 g/mol. The first kappa shape index (κ1) is 13.3. The van der Waals surface area contributed by atoms with Crippen molar-refractivity contribution in [3.8, 4) is 0 Å². The fourth-order valence-corrected chi connectivity index (χ4v) is 1.80. The average molecular weight is 249 g/mol. The van der Waals surface area contributed by atoms with E-state index in [1.54, 1.807) is 0 Å². The molecule has 0 fully saturated rings. The van der Waals surface area contributed by atoms with Gasteiger partial charge in [-0.2, -0.15) is 5.10 Å². The van der Waals surface area contributed by atoms with Crippen LogP contribution in [0.2, 0.25) is 0 Å². The molecule has 1 aromatic heterocycles. The van der Waals surface area contributed by atoms with Crippen molar-refractivity contribution in [2.24, 2.45) is 0 Å². The Kier molecular flexibility index (Phi) is 5.59. The molecular formula is C10H17F2N3S. The van der Waals surface area contributed by atoms with Gasteiger partial charge in [-0.25, -0.2) is 8.78 Å². The van der Waals surface area contributed by atoms with E-state index in [1.165, 1.54) is 11.0 Å². The van der Waals surface area contributed by atoms with E-state index in [1.807, 2.05) is 0 Å². The molecule has 0 aromatic carbocycles. The van der Waals surface area contributed by atoms with Crippen LogP contribution in [0.1, 0.15) is 38.4 Å². The minimum atomic E-state index is -2.39. The van der Waals surface area contributed by atoms with Crippen molar-refractivity contribution in [1.29, 1.82) is 0 Å². The minimum Gasteiger partial charge on any atom is -0.298 e. The second-order valence-corrected chi connectivity index (χ2v) is 4.14. The third-order valence-electron chi connectivity index (χ3n) is 2.41. The molecule has 0 saturated carbocycles. The Morgan fingerprint density at radius 3 is 2.75 bits per heavy atom. The molecule has 0 aliphatic carbocycles. The molecule has 3 nitrogen and oxygen atoms in total. The van der Waals surface area contributed by atoms with E-state index >= 15 is 0 Å². The third-order valence-corrected chi connectivity index (χ3v) is 2.72. The monoisotopic (exact) mass is 249 g/mol. The first-order valence-corrected chi connectivity index (χ1v) is 5.98. The fourth-order valence-electron chi connectivity index (χ4n) is 1.58. The smallest absolute Gasteiger partial charge is 0.256 e. The summed E-state index contributed by atoms with van der Waals surface area (Å²) in [7, 11) is 0. The van der Waals surface area contributed by atoms with Crippen molar-refractivity contribution in [2.45, 2.75) is 52.0 Å². The van der Waals surface area contributed by atoms with Crippen LogP contribution in [0, 0.1) is 4.77 Å². The quantitative estimate of drug-likeness (QED) is 0.594. The molecule has 0 atom stereocenters. The number of aromatic nitrogens is 3. The highest BCUT2D eigenvalue weighted by Gasteiger charge is 2.10. The number of hydrogen-bond donors (Lipinski definition) is 1. The fraction of sp³-hybridized carbons (Fsp3) is 0.800. The summed E-state index contributed by atoms with van der Waals surface area (Å²) >= 11 is 4.90. The molecule has 92 valence electrons. The Balaban J connectivity index is 2.55. The second kappa shape index (κ2) is 6.73. The van der Waals surface area contributed by atoms with Crippen molar-refractivity contribution in [1.82, 2.24) is 14.8 Å². The summed E-state index contributed by atoms with van der Waals surface area (Å²) in [5.74, 6) is 0.640. The SMILES string of the molecule is CCCCCCc1n[nH]c(=S)n1CC(F)F. The summed E-state index contributed by atoms with van der Waals surface area (Å²) in [6.45, 7) is 1.77. The standard InChI is InChI=1S/C10H17F2N3S/c1-2-3-4-5-6-9-13-14-10(16)15(9)7-8(11)12/h8H,2-7H2,1H3,(H,14,16). The van der Waals surface area contributed by atoms with Crippen LogP contribution >= 0.6 is 12.2 Å². The number of unbranched alkanes of at least 4 members (excludes halogenated alkanes) is 3. The topological polar surface area (TPSA) is 33.6 Å². The molecule has 0 radical (unpaired) electrons. The summed E-state index contributed by atoms with van der Waals surface area (Å²) in [6.07, 6.45) is 2.71. The number of rotatable bonds is 7. The summed E-state index contributed by atoms with van der Waals surface area (Å²) in [5.41, 5.74) is 0. The van der Waals surface area contributed by atoms with Gasteiger partial charge in [-0.1, -0.05) is 26.2 Å². The lowest BCUT2D eigenvalue weighted by atomic mass is 10.1. The van der Waals surface area contributed by atoms with Crippen LogP contribution < -0.4 is 0 Å². The summed E-state index contributed by atoms with van der Waals surface area (Å²) in [4.78, 5) is 0. The predicted molar refractivity (Wildman–Crippen MR) is 61.3 cm³/mol. The maximum Gasteiger partial charge on any atom is 0.256 e. The molecule has 0 spiro atoms. The van der Waals surface area contributed by atoms with Crippen LogP contribution in [0.3, 0.4) is 0 Å². The predicted octanol–water partition coefficient (Wildman–Crippen LogP) is 3.33. The molecule has 0 aliphatic heterocycles. The second-order valence-electron chi connectivity index (χ2n) is 3.76. The van der Waals surface area contributed by atoms with Crippen molar-refractivity contribution < 1.29 is 8.78 Å². The highest BCUT2D eigenvalue weighted by molar-refractivity contribution is 7.71. The number of nitrogens with one attached hydrogen (secondary N) is 1. The van der Waals surface area contributed by atoms with E-state index in [2.05, 4.69) is 17.1 Å². The zero-order valence-corrected chi connectivity index (χ0v) is 10.2. The van der Waals surface area contributed by atoms with E-state index in [-0.39, 0.29) is 11.3 Å². The minimum absolute atomic E-state index is 0.283. The largest absolute Gasteiger partial charge is 0.298 e. The average Bonchev–Trinajstić information content (AvgIpc) is 2.56. The highest BCUT2D eigenvalue weighted by Crippen LogP contribution is 2.08. The zero-order valence-electron chi connectivity index (χ0n) is 9.38. The normalized spacial score (nSPS) is 11.2. The highest BCUT2D eigenvalue weighted by atomic mass is 32.1. The Labute approximate surface area is 98.9 Å². The lowest BCUT2D eigenvalue weighted by Crippen LogP contribution is -2.10. The molecule has 1 rings (SSSR count). The van der Waals surface area contributed by atoms with Gasteiger partial charge in [0.25, 0.3) is 6.43 Å². The summed E-state index contributed by atoms with van der Waals surface area (Å²) < 4.78 is 26.3. The van der Waals surface area contributed by atoms with E-state index in [9.17, 15) is 8.78 Å². The molecule has 0 unspecified atom stereocenters. The van der Waals surface area contributed by atoms with Crippen LogP contribution in [0.25, 0.3) is 0 Å². The van der Waals surface area contributed by atoms with Crippen molar-refractivity contribution in [3.05, 3.63) is 10.6 Å². The number of H-pyrrole nitrogens is 1. The Morgan fingerprint density at radius 1 is 1.38 bits per heavy atom.